The van der Waals surface area contributed by atoms with E-state index in [1.54, 1.807) is 39.0 Å². The van der Waals surface area contributed by atoms with Gasteiger partial charge in [0.05, 0.1) is 10.9 Å². The zero-order chi connectivity index (χ0) is 36.0. The Bertz CT molecular complexity index is 1420. The van der Waals surface area contributed by atoms with Crippen LogP contribution in [-0.2, 0) is 29.2 Å². The summed E-state index contributed by atoms with van der Waals surface area (Å²) in [5.41, 5.74) is 4.53. The summed E-state index contributed by atoms with van der Waals surface area (Å²) in [5.74, 6) is -2.78. The fourth-order valence-corrected chi connectivity index (χ4v) is 7.15. The minimum atomic E-state index is -3.81. The molecule has 0 radical (unpaired) electrons. The van der Waals surface area contributed by atoms with Crippen LogP contribution >= 0.6 is 0 Å². The van der Waals surface area contributed by atoms with Crippen LogP contribution in [0.25, 0.3) is 0 Å². The second kappa shape index (κ2) is 16.3. The molecule has 2 fully saturated rings. The Labute approximate surface area is 285 Å². The quantitative estimate of drug-likeness (QED) is 0.174. The van der Waals surface area contributed by atoms with Gasteiger partial charge in [0.1, 0.15) is 12.1 Å². The van der Waals surface area contributed by atoms with Crippen LogP contribution < -0.4 is 26.4 Å². The normalized spacial score (nSPS) is 20.5. The Hall–Kier alpha value is -3.52. The number of nitrogens with zero attached hydrogens (tertiary/aromatic N) is 1. The van der Waals surface area contributed by atoms with Crippen LogP contribution in [0.4, 0.5) is 4.79 Å². The molecule has 2 aliphatic rings. The molecule has 0 bridgehead atoms. The molecule has 1 saturated carbocycles. The highest BCUT2D eigenvalue weighted by molar-refractivity contribution is 7.89. The lowest BCUT2D eigenvalue weighted by molar-refractivity contribution is -0.143. The maximum Gasteiger partial charge on any atom is 0.315 e. The molecular weight excluding hydrogens is 636 g/mol. The first kappa shape index (κ1) is 38.9. The molecule has 48 heavy (non-hydrogen) atoms. The Morgan fingerprint density at radius 2 is 1.58 bits per heavy atom. The highest BCUT2D eigenvalue weighted by Gasteiger charge is 2.46. The fourth-order valence-electron chi connectivity index (χ4n) is 6.07. The lowest BCUT2D eigenvalue weighted by Gasteiger charge is -2.36. The number of benzene rings is 1. The van der Waals surface area contributed by atoms with E-state index >= 15 is 0 Å². The minimum Gasteiger partial charge on any atom is -0.363 e. The Kier molecular flexibility index (Phi) is 13.2. The molecule has 1 saturated heterocycles. The highest BCUT2D eigenvalue weighted by atomic mass is 32.2. The predicted octanol–water partition coefficient (Wildman–Crippen LogP) is 2.31. The molecule has 1 aromatic rings. The zero-order valence-electron chi connectivity index (χ0n) is 29.2. The van der Waals surface area contributed by atoms with Crippen molar-refractivity contribution in [3.05, 3.63) is 30.3 Å². The minimum absolute atomic E-state index is 0.0148. The average Bonchev–Trinajstić information content (AvgIpc) is 3.44. The van der Waals surface area contributed by atoms with Crippen LogP contribution in [0.2, 0.25) is 0 Å². The van der Waals surface area contributed by atoms with Crippen LogP contribution in [0, 0.1) is 29.1 Å². The number of hydrogen-bond donors (Lipinski definition) is 5. The van der Waals surface area contributed by atoms with E-state index in [-0.39, 0.29) is 41.7 Å². The van der Waals surface area contributed by atoms with E-state index < -0.39 is 69.1 Å². The van der Waals surface area contributed by atoms with Gasteiger partial charge in [0.15, 0.2) is 0 Å². The Morgan fingerprint density at radius 1 is 0.958 bits per heavy atom. The number of sulfonamides is 1. The molecule has 2 unspecified atom stereocenters. The largest absolute Gasteiger partial charge is 0.363 e. The number of nitrogens with one attached hydrogen (secondary N) is 4. The number of hydrogen-bond acceptors (Lipinski definition) is 7. The van der Waals surface area contributed by atoms with Gasteiger partial charge in [0.25, 0.3) is 5.91 Å². The summed E-state index contributed by atoms with van der Waals surface area (Å²) in [4.78, 5) is 67.5. The van der Waals surface area contributed by atoms with Crippen LogP contribution in [-0.4, -0.2) is 80.1 Å². The van der Waals surface area contributed by atoms with Crippen molar-refractivity contribution >= 4 is 39.6 Å². The third kappa shape index (κ3) is 10.2. The number of nitrogens with two attached hydrogens (primary N) is 1. The predicted molar refractivity (Wildman–Crippen MR) is 182 cm³/mol. The number of Topliss-reactive ketones (excluding diaryl/α,β-unsaturated/α-hetero) is 1. The van der Waals surface area contributed by atoms with Crippen LogP contribution in [0.3, 0.4) is 0 Å². The number of primary amides is 1. The molecule has 14 heteroatoms. The lowest BCUT2D eigenvalue weighted by Crippen LogP contribution is -2.61. The van der Waals surface area contributed by atoms with Gasteiger partial charge in [-0.1, -0.05) is 85.9 Å². The third-order valence-electron chi connectivity index (χ3n) is 9.59. The standard InChI is InChI=1S/C34H54N6O7S/c1-20(2)23-17-27(31(43)37-25(28(41)30(35)42)16-22-12-11-13-22)40(19-23)32(44)29(34(5,6)7)39-33(45)38-26(21(3)4)18-36-48(46,47)24-14-9-8-10-15-24/h8-10,14-15,20-23,25-27,29,36H,11-13,16-19H2,1-7H3,(H2,35,42)(H,37,43)(H2,38,39,45)/t23?,25?,26-,27+,29-/m1/s1. The number of likely N-dealkylation sites (tertiary alicyclic amines) is 1. The van der Waals surface area contributed by atoms with Gasteiger partial charge in [-0.05, 0) is 54.1 Å². The number of rotatable bonds is 15. The van der Waals surface area contributed by atoms with E-state index in [0.717, 1.165) is 19.3 Å². The van der Waals surface area contributed by atoms with Gasteiger partial charge in [-0.25, -0.2) is 17.9 Å². The van der Waals surface area contributed by atoms with Crippen molar-refractivity contribution < 1.29 is 32.4 Å². The molecule has 13 nitrogen and oxygen atoms in total. The topological polar surface area (TPSA) is 197 Å². The highest BCUT2D eigenvalue weighted by Crippen LogP contribution is 2.33. The molecule has 5 atom stereocenters. The lowest BCUT2D eigenvalue weighted by atomic mass is 9.80. The van der Waals surface area contributed by atoms with Gasteiger partial charge in [-0.2, -0.15) is 0 Å². The van der Waals surface area contributed by atoms with Crippen LogP contribution in [0.1, 0.15) is 80.6 Å². The number of amides is 5. The second-order valence-corrected chi connectivity index (χ2v) is 16.8. The average molecular weight is 691 g/mol. The molecular formula is C34H54N6O7S. The number of carbonyl (C=O) groups excluding carboxylic acids is 5. The summed E-state index contributed by atoms with van der Waals surface area (Å²) in [5, 5.41) is 8.36. The molecule has 1 aromatic carbocycles. The Morgan fingerprint density at radius 3 is 2.08 bits per heavy atom. The maximum atomic E-state index is 14.3. The monoisotopic (exact) mass is 690 g/mol. The van der Waals surface area contributed by atoms with E-state index in [0.29, 0.717) is 12.8 Å². The first-order valence-electron chi connectivity index (χ1n) is 16.9. The summed E-state index contributed by atoms with van der Waals surface area (Å²) in [6, 6.07) is 3.62. The molecule has 0 spiro atoms. The van der Waals surface area contributed by atoms with E-state index in [1.807, 2.05) is 27.7 Å². The van der Waals surface area contributed by atoms with Gasteiger partial charge in [0, 0.05) is 19.1 Å². The Balaban J connectivity index is 1.77. The van der Waals surface area contributed by atoms with Crippen molar-refractivity contribution in [2.24, 2.45) is 34.8 Å². The number of carbonyl (C=O) groups is 5. The van der Waals surface area contributed by atoms with Crippen molar-refractivity contribution in [1.29, 1.82) is 0 Å². The fraction of sp³-hybridized carbons (Fsp3) is 0.676. The van der Waals surface area contributed by atoms with E-state index in [9.17, 15) is 32.4 Å². The molecule has 268 valence electrons. The second-order valence-electron chi connectivity index (χ2n) is 15.0. The smallest absolute Gasteiger partial charge is 0.315 e. The van der Waals surface area contributed by atoms with Crippen molar-refractivity contribution in [2.45, 2.75) is 110 Å². The molecule has 3 rings (SSSR count). The third-order valence-corrected chi connectivity index (χ3v) is 11.0. The molecule has 6 N–H and O–H groups in total. The van der Waals surface area contributed by atoms with Gasteiger partial charge in [0.2, 0.25) is 27.6 Å². The van der Waals surface area contributed by atoms with E-state index in [2.05, 4.69) is 20.7 Å². The van der Waals surface area contributed by atoms with Crippen molar-refractivity contribution in [2.75, 3.05) is 13.1 Å². The molecule has 1 aliphatic carbocycles. The van der Waals surface area contributed by atoms with Crippen LogP contribution in [0.5, 0.6) is 0 Å². The SMILES string of the molecule is CC(C)C1C[C@@H](C(=O)NC(CC2CCC2)C(=O)C(N)=O)N(C(=O)[C@@H](NC(=O)N[C@H](CNS(=O)(=O)c2ccccc2)C(C)C)C(C)(C)C)C1. The van der Waals surface area contributed by atoms with E-state index in [4.69, 9.17) is 5.73 Å². The van der Waals surface area contributed by atoms with Gasteiger partial charge in [-0.3, -0.25) is 19.2 Å². The summed E-state index contributed by atoms with van der Waals surface area (Å²) >= 11 is 0. The number of urea groups is 1. The van der Waals surface area contributed by atoms with Crippen molar-refractivity contribution in [3.63, 3.8) is 0 Å². The molecule has 5 amide bonds. The molecule has 1 aliphatic heterocycles. The zero-order valence-corrected chi connectivity index (χ0v) is 30.1. The first-order valence-corrected chi connectivity index (χ1v) is 18.4. The molecule has 1 heterocycles. The van der Waals surface area contributed by atoms with Gasteiger partial charge < -0.3 is 26.6 Å². The molecule has 0 aromatic heterocycles. The van der Waals surface area contributed by atoms with Gasteiger partial charge >= 0.3 is 6.03 Å². The van der Waals surface area contributed by atoms with E-state index in [1.165, 1.54) is 17.0 Å². The first-order chi connectivity index (χ1) is 22.3. The van der Waals surface area contributed by atoms with Crippen molar-refractivity contribution in [3.8, 4) is 0 Å². The maximum absolute atomic E-state index is 14.3. The summed E-state index contributed by atoms with van der Waals surface area (Å²) in [6.07, 6.45) is 3.49. The summed E-state index contributed by atoms with van der Waals surface area (Å²) < 4.78 is 28.1. The number of ketones is 1. The van der Waals surface area contributed by atoms with Gasteiger partial charge in [-0.15, -0.1) is 0 Å². The summed E-state index contributed by atoms with van der Waals surface area (Å²) in [6.45, 7) is 13.3. The van der Waals surface area contributed by atoms with Crippen LogP contribution in [0.15, 0.2) is 35.2 Å². The van der Waals surface area contributed by atoms with Crippen molar-refractivity contribution in [1.82, 2.24) is 25.6 Å². The summed E-state index contributed by atoms with van der Waals surface area (Å²) in [7, 11) is -3.81.